The van der Waals surface area contributed by atoms with Crippen LogP contribution in [0.15, 0.2) is 0 Å². The number of hydrogen-bond donors (Lipinski definition) is 3. The van der Waals surface area contributed by atoms with E-state index in [1.807, 2.05) is 0 Å². The van der Waals surface area contributed by atoms with E-state index in [-0.39, 0.29) is 62.4 Å². The maximum atomic E-state index is 8.88. The van der Waals surface area contributed by atoms with Crippen molar-refractivity contribution < 1.29 is 52.1 Å². The van der Waals surface area contributed by atoms with Crippen LogP contribution in [0.25, 0.3) is 0 Å². The molecule has 0 radical (unpaired) electrons. The van der Waals surface area contributed by atoms with Crippen LogP contribution in [0.5, 0.6) is 0 Å². The predicted molar refractivity (Wildman–Crippen MR) is 43.1 cm³/mol. The molecule has 0 aromatic heterocycles. The second-order valence-electron chi connectivity index (χ2n) is 0.513. The number of rotatable bonds is 0. The van der Waals surface area contributed by atoms with Gasteiger partial charge in [-0.2, -0.15) is 0 Å². The summed E-state index contributed by atoms with van der Waals surface area (Å²) in [4.78, 5) is 21.6. The molecular weight excluding hydrogens is 214 g/mol. The Kier molecular flexibility index (Phi) is 189. The molecule has 0 saturated carbocycles. The van der Waals surface area contributed by atoms with Crippen molar-refractivity contribution in [1.29, 1.82) is 0 Å². The molecule has 0 heterocycles. The molecule has 0 rings (SSSR count). The molecule has 82 valence electrons. The Balaban J connectivity index is -0.00000000381. The molecule has 0 fully saturated rings. The van der Waals surface area contributed by atoms with Crippen LogP contribution in [0.3, 0.4) is 0 Å². The van der Waals surface area contributed by atoms with E-state index in [9.17, 15) is 0 Å². The molecule has 0 spiro atoms. The van der Waals surface area contributed by atoms with E-state index in [0.717, 1.165) is 0 Å². The summed E-state index contributed by atoms with van der Waals surface area (Å²) < 4.78 is 8.88. The molecule has 0 saturated heterocycles. The quantitative estimate of drug-likeness (QED) is 0.270. The summed E-state index contributed by atoms with van der Waals surface area (Å²) in [6.45, 7) is 0. The van der Waals surface area contributed by atoms with Crippen LogP contribution in [0, 0.1) is 0 Å². The molecule has 12 heavy (non-hydrogen) atoms. The van der Waals surface area contributed by atoms with E-state index in [2.05, 4.69) is 0 Å². The van der Waals surface area contributed by atoms with Gasteiger partial charge in [0.2, 0.25) is 0 Å². The summed E-state index contributed by atoms with van der Waals surface area (Å²) in [5, 5.41) is 0. The van der Waals surface area contributed by atoms with Gasteiger partial charge in [0, 0.05) is 0 Å². The Hall–Kier alpha value is 0.870. The Morgan fingerprint density at radius 1 is 0.667 bits per heavy atom. The molecule has 0 atom stereocenters. The van der Waals surface area contributed by atoms with Gasteiger partial charge in [-0.1, -0.05) is 0 Å². The summed E-state index contributed by atoms with van der Waals surface area (Å²) in [6, 6.07) is 0. The molecule has 0 aromatic rings. The molecule has 0 amide bonds. The summed E-state index contributed by atoms with van der Waals surface area (Å²) in [5.41, 5.74) is 0. The number of hydrogen-bond acceptors (Lipinski definition) is 1. The van der Waals surface area contributed by atoms with Crippen molar-refractivity contribution in [3.8, 4) is 0 Å². The Labute approximate surface area is 89.6 Å². The average Bonchev–Trinajstić information content (AvgIpc) is 0.722. The van der Waals surface area contributed by atoms with E-state index in [1.165, 1.54) is 0 Å². The number of phosphoric acid groups is 1. The van der Waals surface area contributed by atoms with Crippen molar-refractivity contribution >= 4 is 37.4 Å². The van der Waals surface area contributed by atoms with E-state index in [4.69, 9.17) is 19.2 Å². The fourth-order valence-electron chi connectivity index (χ4n) is 0. The fraction of sp³-hybridized carbons (Fsp3) is 0. The van der Waals surface area contributed by atoms with Gasteiger partial charge in [-0.05, 0) is 0 Å². The molecule has 0 aliphatic rings. The third kappa shape index (κ3) is 1400. The van der Waals surface area contributed by atoms with Crippen molar-refractivity contribution in [2.45, 2.75) is 0 Å². The van der Waals surface area contributed by atoms with Crippen LogP contribution in [-0.2, 0) is 4.57 Å². The molecule has 0 aliphatic heterocycles. The van der Waals surface area contributed by atoms with Crippen molar-refractivity contribution in [3.63, 3.8) is 0 Å². The monoisotopic (exact) mass is 230 g/mol. The minimum absolute atomic E-state index is 0. The van der Waals surface area contributed by atoms with Crippen molar-refractivity contribution in [3.05, 3.63) is 0 Å². The molecule has 0 aromatic carbocycles. The average molecular weight is 230 g/mol. The van der Waals surface area contributed by atoms with Gasteiger partial charge in [-0.3, -0.25) is 0 Å². The first-order valence-corrected chi connectivity index (χ1v) is 2.35. The van der Waals surface area contributed by atoms with Gasteiger partial charge >= 0.3 is 37.4 Å². The van der Waals surface area contributed by atoms with Gasteiger partial charge in [0.05, 0.1) is 0 Å². The molecule has 10 nitrogen and oxygen atoms in total. The van der Waals surface area contributed by atoms with Crippen LogP contribution in [0.2, 0.25) is 0 Å². The topological polar surface area (TPSA) is 267 Å². The zero-order valence-electron chi connectivity index (χ0n) is 5.20. The molecule has 12 heteroatoms. The normalized spacial score (nSPS) is 4.92. The second-order valence-corrected chi connectivity index (χ2v) is 1.54. The third-order valence-corrected chi connectivity index (χ3v) is 0. The molecule has 15 N–H and O–H groups in total. The van der Waals surface area contributed by atoms with Crippen LogP contribution in [0.4, 0.5) is 0 Å². The zero-order chi connectivity index (χ0) is 4.50. The van der Waals surface area contributed by atoms with Crippen molar-refractivity contribution in [2.75, 3.05) is 0 Å². The van der Waals surface area contributed by atoms with E-state index >= 15 is 0 Å². The van der Waals surface area contributed by atoms with E-state index in [0.29, 0.717) is 0 Å². The first-order valence-electron chi connectivity index (χ1n) is 0.783. The summed E-state index contributed by atoms with van der Waals surface area (Å²) in [5.74, 6) is 0. The first-order chi connectivity index (χ1) is 2.00. The fourth-order valence-corrected chi connectivity index (χ4v) is 0. The summed E-state index contributed by atoms with van der Waals surface area (Å²) in [7, 11) is -4.64. The third-order valence-electron chi connectivity index (χ3n) is 0. The second kappa shape index (κ2) is 29.7. The molecule has 0 unspecified atom stereocenters. The van der Waals surface area contributed by atoms with Gasteiger partial charge in [-0.15, -0.1) is 0 Å². The first kappa shape index (κ1) is 76.5. The van der Waals surface area contributed by atoms with Gasteiger partial charge in [-0.25, -0.2) is 4.57 Å². The Morgan fingerprint density at radius 3 is 0.667 bits per heavy atom. The van der Waals surface area contributed by atoms with E-state index < -0.39 is 7.82 Å². The summed E-state index contributed by atoms with van der Waals surface area (Å²) in [6.07, 6.45) is 0. The summed E-state index contributed by atoms with van der Waals surface area (Å²) >= 11 is 0. The SMILES string of the molecule is O.O.O.O.O.O.O=P(O)(O)O.[NaH]. The Morgan fingerprint density at radius 2 is 0.667 bits per heavy atom. The van der Waals surface area contributed by atoms with Gasteiger partial charge in [0.25, 0.3) is 0 Å². The van der Waals surface area contributed by atoms with Crippen LogP contribution in [-0.4, -0.2) is 77.1 Å². The van der Waals surface area contributed by atoms with Crippen LogP contribution < -0.4 is 0 Å². The zero-order valence-corrected chi connectivity index (χ0v) is 6.09. The molecule has 0 bridgehead atoms. The van der Waals surface area contributed by atoms with E-state index in [1.54, 1.807) is 0 Å². The molecule has 0 aliphatic carbocycles. The minimum atomic E-state index is -4.64. The van der Waals surface area contributed by atoms with Gasteiger partial charge in [0.1, 0.15) is 0 Å². The van der Waals surface area contributed by atoms with Crippen molar-refractivity contribution in [2.24, 2.45) is 0 Å². The van der Waals surface area contributed by atoms with Gasteiger partial charge in [0.15, 0.2) is 0 Å². The van der Waals surface area contributed by atoms with Gasteiger partial charge < -0.3 is 47.5 Å². The predicted octanol–water partition coefficient (Wildman–Crippen LogP) is -6.53. The van der Waals surface area contributed by atoms with Crippen LogP contribution >= 0.6 is 7.82 Å². The van der Waals surface area contributed by atoms with Crippen LogP contribution in [0.1, 0.15) is 0 Å². The van der Waals surface area contributed by atoms with Crippen molar-refractivity contribution in [1.82, 2.24) is 0 Å². The molecular formula is H16NaO10P. The maximum absolute atomic E-state index is 8.88. The Bertz CT molecular complexity index is 56.0. The standard InChI is InChI=1S/Na.H3O4P.6H2O.H/c;1-5(2,3)4;;;;;;;/h;(H3,1,2,3,4);6*1H2;.